The number of ether oxygens (including phenoxy) is 1. The Labute approximate surface area is 125 Å². The largest absolute Gasteiger partial charge is 0.492 e. The van der Waals surface area contributed by atoms with Gasteiger partial charge in [-0.1, -0.05) is 18.2 Å². The first-order valence-corrected chi connectivity index (χ1v) is 7.35. The second-order valence-corrected chi connectivity index (χ2v) is 5.69. The molecule has 3 rings (SSSR count). The number of amides is 1. The molecular weight excluding hydrogens is 290 g/mol. The van der Waals surface area contributed by atoms with E-state index in [0.29, 0.717) is 18.7 Å². The molecule has 6 heteroatoms. The Morgan fingerprint density at radius 1 is 1.29 bits per heavy atom. The first-order valence-electron chi connectivity index (χ1n) is 6.47. The summed E-state index contributed by atoms with van der Waals surface area (Å²) in [6.45, 7) is 0.301. The molecule has 0 radical (unpaired) electrons. The van der Waals surface area contributed by atoms with E-state index in [0.717, 1.165) is 22.6 Å². The molecule has 0 spiro atoms. The average Bonchev–Trinajstić information content (AvgIpc) is 2.95. The molecule has 2 aromatic rings. The van der Waals surface area contributed by atoms with Crippen molar-refractivity contribution < 1.29 is 19.4 Å². The molecule has 1 aliphatic rings. The zero-order chi connectivity index (χ0) is 14.8. The predicted molar refractivity (Wildman–Crippen MR) is 79.0 cm³/mol. The van der Waals surface area contributed by atoms with E-state index in [1.807, 2.05) is 24.3 Å². The molecular formula is C15H13NO4S. The zero-order valence-electron chi connectivity index (χ0n) is 11.0. The molecule has 0 saturated heterocycles. The van der Waals surface area contributed by atoms with E-state index < -0.39 is 5.97 Å². The predicted octanol–water partition coefficient (Wildman–Crippen LogP) is 2.64. The third-order valence-electron chi connectivity index (χ3n) is 3.37. The maximum Gasteiger partial charge on any atom is 0.348 e. The monoisotopic (exact) mass is 303 g/mol. The van der Waals surface area contributed by atoms with Crippen molar-refractivity contribution in [3.05, 3.63) is 46.2 Å². The second kappa shape index (κ2) is 5.57. The van der Waals surface area contributed by atoms with Gasteiger partial charge in [0.2, 0.25) is 5.91 Å². The summed E-state index contributed by atoms with van der Waals surface area (Å²) in [6.07, 6.45) is 0.592. The maximum atomic E-state index is 12.3. The van der Waals surface area contributed by atoms with Crippen LogP contribution in [-0.2, 0) is 11.2 Å². The smallest absolute Gasteiger partial charge is 0.348 e. The molecule has 0 aliphatic carbocycles. The Morgan fingerprint density at radius 3 is 2.90 bits per heavy atom. The number of para-hydroxylation sites is 1. The molecule has 2 heterocycles. The highest BCUT2D eigenvalue weighted by Crippen LogP contribution is 2.28. The minimum absolute atomic E-state index is 0.139. The summed E-state index contributed by atoms with van der Waals surface area (Å²) < 4.78 is 5.58. The van der Waals surface area contributed by atoms with Crippen molar-refractivity contribution in [2.75, 3.05) is 11.9 Å². The fourth-order valence-corrected chi connectivity index (χ4v) is 2.99. The van der Waals surface area contributed by atoms with Crippen LogP contribution < -0.4 is 10.1 Å². The SMILES string of the molecule is O=C(O)c1sccc1NC(=O)C1COc2ccccc2C1. The third kappa shape index (κ3) is 2.75. The van der Waals surface area contributed by atoms with E-state index in [2.05, 4.69) is 5.32 Å². The number of carboxylic acid groups (broad SMARTS) is 1. The molecule has 2 N–H and O–H groups in total. The number of hydrogen-bond acceptors (Lipinski definition) is 4. The van der Waals surface area contributed by atoms with E-state index in [9.17, 15) is 9.59 Å². The molecule has 0 fully saturated rings. The van der Waals surface area contributed by atoms with Gasteiger partial charge in [-0.15, -0.1) is 11.3 Å². The van der Waals surface area contributed by atoms with Crippen LogP contribution >= 0.6 is 11.3 Å². The summed E-state index contributed by atoms with van der Waals surface area (Å²) in [4.78, 5) is 23.4. The molecule has 1 atom stereocenters. The average molecular weight is 303 g/mol. The quantitative estimate of drug-likeness (QED) is 0.914. The number of benzene rings is 1. The highest BCUT2D eigenvalue weighted by atomic mass is 32.1. The van der Waals surface area contributed by atoms with Gasteiger partial charge in [0.1, 0.15) is 17.2 Å². The van der Waals surface area contributed by atoms with Crippen LogP contribution in [0.4, 0.5) is 5.69 Å². The van der Waals surface area contributed by atoms with Gasteiger partial charge in [-0.05, 0) is 29.5 Å². The van der Waals surface area contributed by atoms with Crippen LogP contribution in [0.1, 0.15) is 15.2 Å². The van der Waals surface area contributed by atoms with Gasteiger partial charge >= 0.3 is 5.97 Å². The Hall–Kier alpha value is -2.34. The summed E-state index contributed by atoms with van der Waals surface area (Å²) in [7, 11) is 0. The van der Waals surface area contributed by atoms with Crippen molar-refractivity contribution in [2.24, 2.45) is 5.92 Å². The lowest BCUT2D eigenvalue weighted by Gasteiger charge is -2.24. The number of carboxylic acids is 1. The fraction of sp³-hybridized carbons (Fsp3) is 0.200. The van der Waals surface area contributed by atoms with Crippen LogP contribution in [0.2, 0.25) is 0 Å². The lowest BCUT2D eigenvalue weighted by Crippen LogP contribution is -2.32. The van der Waals surface area contributed by atoms with Gasteiger partial charge in [0, 0.05) is 0 Å². The number of thiophene rings is 1. The van der Waals surface area contributed by atoms with E-state index in [1.54, 1.807) is 11.4 Å². The van der Waals surface area contributed by atoms with Crippen LogP contribution in [0.3, 0.4) is 0 Å². The molecule has 108 valence electrons. The molecule has 1 aromatic heterocycles. The van der Waals surface area contributed by atoms with Crippen LogP contribution in [0.25, 0.3) is 0 Å². The van der Waals surface area contributed by atoms with Crippen LogP contribution in [0, 0.1) is 5.92 Å². The summed E-state index contributed by atoms with van der Waals surface area (Å²) in [5.74, 6) is -0.763. The molecule has 0 bridgehead atoms. The van der Waals surface area contributed by atoms with Crippen molar-refractivity contribution in [3.63, 3.8) is 0 Å². The Morgan fingerprint density at radius 2 is 2.10 bits per heavy atom. The number of hydrogen-bond donors (Lipinski definition) is 2. The first kappa shape index (κ1) is 13.6. The van der Waals surface area contributed by atoms with Crippen LogP contribution in [-0.4, -0.2) is 23.6 Å². The van der Waals surface area contributed by atoms with Crippen molar-refractivity contribution in [1.29, 1.82) is 0 Å². The number of aromatic carboxylic acids is 1. The normalized spacial score (nSPS) is 16.7. The molecule has 5 nitrogen and oxygen atoms in total. The van der Waals surface area contributed by atoms with Gasteiger partial charge in [-0.25, -0.2) is 4.79 Å². The Bertz CT molecular complexity index is 694. The summed E-state index contributed by atoms with van der Waals surface area (Å²) in [5, 5.41) is 13.4. The first-order chi connectivity index (χ1) is 10.1. The molecule has 1 aromatic carbocycles. The Kier molecular flexibility index (Phi) is 3.62. The van der Waals surface area contributed by atoms with E-state index in [4.69, 9.17) is 9.84 Å². The highest BCUT2D eigenvalue weighted by Gasteiger charge is 2.27. The topological polar surface area (TPSA) is 75.6 Å². The number of rotatable bonds is 3. The van der Waals surface area contributed by atoms with E-state index in [1.165, 1.54) is 0 Å². The van der Waals surface area contributed by atoms with Gasteiger partial charge in [-0.3, -0.25) is 4.79 Å². The van der Waals surface area contributed by atoms with Gasteiger partial charge in [0.25, 0.3) is 0 Å². The number of anilines is 1. The molecule has 21 heavy (non-hydrogen) atoms. The van der Waals surface area contributed by atoms with Gasteiger partial charge in [-0.2, -0.15) is 0 Å². The third-order valence-corrected chi connectivity index (χ3v) is 4.27. The summed E-state index contributed by atoms with van der Waals surface area (Å²) in [5.41, 5.74) is 1.34. The van der Waals surface area contributed by atoms with Gasteiger partial charge < -0.3 is 15.2 Å². The standard InChI is InChI=1S/C15H13NO4S/c17-14(16-11-5-6-21-13(11)15(18)19)10-7-9-3-1-2-4-12(9)20-8-10/h1-6,10H,7-8H2,(H,16,17)(H,18,19). The lowest BCUT2D eigenvalue weighted by molar-refractivity contribution is -0.121. The van der Waals surface area contributed by atoms with Gasteiger partial charge in [0.15, 0.2) is 0 Å². The summed E-state index contributed by atoms with van der Waals surface area (Å²) >= 11 is 1.09. The fourth-order valence-electron chi connectivity index (χ4n) is 2.30. The van der Waals surface area contributed by atoms with Gasteiger partial charge in [0.05, 0.1) is 11.6 Å². The number of carbonyl (C=O) groups excluding carboxylic acids is 1. The number of carbonyl (C=O) groups is 2. The van der Waals surface area contributed by atoms with E-state index >= 15 is 0 Å². The second-order valence-electron chi connectivity index (χ2n) is 4.78. The number of fused-ring (bicyclic) bond motifs is 1. The maximum absolute atomic E-state index is 12.3. The van der Waals surface area contributed by atoms with Crippen molar-refractivity contribution in [2.45, 2.75) is 6.42 Å². The molecule has 0 saturated carbocycles. The van der Waals surface area contributed by atoms with Crippen molar-refractivity contribution in [3.8, 4) is 5.75 Å². The highest BCUT2D eigenvalue weighted by molar-refractivity contribution is 7.12. The summed E-state index contributed by atoms with van der Waals surface area (Å²) in [6, 6.07) is 9.21. The lowest BCUT2D eigenvalue weighted by atomic mass is 9.96. The molecule has 1 amide bonds. The minimum atomic E-state index is -1.04. The zero-order valence-corrected chi connectivity index (χ0v) is 11.9. The molecule has 1 aliphatic heterocycles. The number of nitrogens with one attached hydrogen (secondary N) is 1. The minimum Gasteiger partial charge on any atom is -0.492 e. The van der Waals surface area contributed by atoms with Crippen LogP contribution in [0.15, 0.2) is 35.7 Å². The Balaban J connectivity index is 1.72. The van der Waals surface area contributed by atoms with Crippen LogP contribution in [0.5, 0.6) is 5.75 Å². The molecule has 1 unspecified atom stereocenters. The van der Waals surface area contributed by atoms with E-state index in [-0.39, 0.29) is 16.7 Å². The van der Waals surface area contributed by atoms with Crippen molar-refractivity contribution >= 4 is 28.9 Å². The van der Waals surface area contributed by atoms with Crippen molar-refractivity contribution in [1.82, 2.24) is 0 Å².